The lowest BCUT2D eigenvalue weighted by atomic mass is 9.99. The van der Waals surface area contributed by atoms with Crippen LogP contribution in [0.2, 0.25) is 0 Å². The molecular weight excluding hydrogens is 352 g/mol. The molecule has 0 aliphatic carbocycles. The van der Waals surface area contributed by atoms with Crippen LogP contribution in [0.25, 0.3) is 0 Å². The summed E-state index contributed by atoms with van der Waals surface area (Å²) in [5.41, 5.74) is 7.53. The fraction of sp³-hybridized carbons (Fsp3) is 0.467. The Morgan fingerprint density at radius 2 is 2.29 bits per heavy atom. The van der Waals surface area contributed by atoms with Gasteiger partial charge >= 0.3 is 5.97 Å². The zero-order valence-corrected chi connectivity index (χ0v) is 14.4. The number of esters is 1. The third-order valence-electron chi connectivity index (χ3n) is 3.59. The van der Waals surface area contributed by atoms with Crippen LogP contribution in [0.15, 0.2) is 22.7 Å². The van der Waals surface area contributed by atoms with E-state index < -0.39 is 0 Å². The SMILES string of the molecule is CCOC(=O)C1CCCCN1c1ccc(Br)cc1C(N)=S. The molecule has 2 N–H and O–H groups in total. The number of anilines is 1. The number of hydrogen-bond donors (Lipinski definition) is 1. The number of nitrogens with two attached hydrogens (primary N) is 1. The largest absolute Gasteiger partial charge is 0.464 e. The second kappa shape index (κ2) is 7.22. The van der Waals surface area contributed by atoms with Gasteiger partial charge in [0.25, 0.3) is 0 Å². The highest BCUT2D eigenvalue weighted by molar-refractivity contribution is 9.10. The van der Waals surface area contributed by atoms with Gasteiger partial charge in [-0.15, -0.1) is 0 Å². The van der Waals surface area contributed by atoms with Gasteiger partial charge in [0.15, 0.2) is 0 Å². The molecule has 1 heterocycles. The summed E-state index contributed by atoms with van der Waals surface area (Å²) in [6.07, 6.45) is 2.87. The Bertz CT molecular complexity index is 550. The zero-order valence-electron chi connectivity index (χ0n) is 12.0. The summed E-state index contributed by atoms with van der Waals surface area (Å²) >= 11 is 8.58. The molecule has 1 unspecified atom stereocenters. The molecule has 21 heavy (non-hydrogen) atoms. The van der Waals surface area contributed by atoms with Crippen molar-refractivity contribution in [3.05, 3.63) is 28.2 Å². The van der Waals surface area contributed by atoms with Gasteiger partial charge in [-0.25, -0.2) is 4.79 Å². The van der Waals surface area contributed by atoms with Crippen LogP contribution in [0.3, 0.4) is 0 Å². The summed E-state index contributed by atoms with van der Waals surface area (Å²) in [6, 6.07) is 5.53. The molecule has 4 nitrogen and oxygen atoms in total. The number of piperidine rings is 1. The molecule has 0 radical (unpaired) electrons. The molecule has 1 saturated heterocycles. The number of benzene rings is 1. The summed E-state index contributed by atoms with van der Waals surface area (Å²) in [5.74, 6) is -0.172. The van der Waals surface area contributed by atoms with Gasteiger partial charge in [0.1, 0.15) is 11.0 Å². The first-order chi connectivity index (χ1) is 10.0. The quantitative estimate of drug-likeness (QED) is 0.651. The number of halogens is 1. The first kappa shape index (κ1) is 16.2. The van der Waals surface area contributed by atoms with Crippen LogP contribution >= 0.6 is 28.1 Å². The van der Waals surface area contributed by atoms with Crippen LogP contribution in [0.5, 0.6) is 0 Å². The molecule has 1 aliphatic rings. The Morgan fingerprint density at radius 3 is 2.95 bits per heavy atom. The second-order valence-corrected chi connectivity index (χ2v) is 6.34. The molecule has 114 valence electrons. The Balaban J connectivity index is 2.37. The molecule has 1 aliphatic heterocycles. The van der Waals surface area contributed by atoms with E-state index in [4.69, 9.17) is 22.7 Å². The summed E-state index contributed by atoms with van der Waals surface area (Å²) in [4.78, 5) is 14.6. The highest BCUT2D eigenvalue weighted by Gasteiger charge is 2.31. The molecule has 0 amide bonds. The van der Waals surface area contributed by atoms with Crippen molar-refractivity contribution in [1.82, 2.24) is 0 Å². The third-order valence-corrected chi connectivity index (χ3v) is 4.31. The smallest absolute Gasteiger partial charge is 0.328 e. The molecule has 1 fully saturated rings. The Kier molecular flexibility index (Phi) is 5.58. The topological polar surface area (TPSA) is 55.6 Å². The van der Waals surface area contributed by atoms with Gasteiger partial charge in [-0.2, -0.15) is 0 Å². The molecule has 0 saturated carbocycles. The minimum Gasteiger partial charge on any atom is -0.464 e. The fourth-order valence-corrected chi connectivity index (χ4v) is 3.18. The lowest BCUT2D eigenvalue weighted by Gasteiger charge is -2.37. The van der Waals surface area contributed by atoms with E-state index >= 15 is 0 Å². The first-order valence-electron chi connectivity index (χ1n) is 7.07. The lowest BCUT2D eigenvalue weighted by Crippen LogP contribution is -2.46. The van der Waals surface area contributed by atoms with E-state index in [9.17, 15) is 4.79 Å². The maximum absolute atomic E-state index is 12.2. The first-order valence-corrected chi connectivity index (χ1v) is 8.27. The normalized spacial score (nSPS) is 18.4. The van der Waals surface area contributed by atoms with Crippen LogP contribution in [-0.4, -0.2) is 30.2 Å². The van der Waals surface area contributed by atoms with Crippen LogP contribution in [0.4, 0.5) is 5.69 Å². The van der Waals surface area contributed by atoms with Gasteiger partial charge in [0.2, 0.25) is 0 Å². The number of ether oxygens (including phenoxy) is 1. The Morgan fingerprint density at radius 1 is 1.52 bits per heavy atom. The highest BCUT2D eigenvalue weighted by atomic mass is 79.9. The van der Waals surface area contributed by atoms with E-state index in [2.05, 4.69) is 20.8 Å². The predicted octanol–water partition coefficient (Wildman–Crippen LogP) is 3.01. The van der Waals surface area contributed by atoms with Gasteiger partial charge in [-0.1, -0.05) is 28.1 Å². The number of carbonyl (C=O) groups excluding carboxylic acids is 1. The fourth-order valence-electron chi connectivity index (χ4n) is 2.66. The number of rotatable bonds is 4. The van der Waals surface area contributed by atoms with E-state index in [0.717, 1.165) is 41.5 Å². The van der Waals surface area contributed by atoms with E-state index in [0.29, 0.717) is 11.6 Å². The van der Waals surface area contributed by atoms with Crippen LogP contribution < -0.4 is 10.6 Å². The van der Waals surface area contributed by atoms with E-state index in [-0.39, 0.29) is 12.0 Å². The standard InChI is InChI=1S/C15H19BrN2O2S/c1-2-20-15(19)13-5-3-4-8-18(13)12-7-6-10(16)9-11(12)14(17)21/h6-7,9,13H,2-5,8H2,1H3,(H2,17,21). The minimum absolute atomic E-state index is 0.172. The minimum atomic E-state index is -0.257. The average molecular weight is 371 g/mol. The third kappa shape index (κ3) is 3.74. The molecule has 2 rings (SSSR count). The van der Waals surface area contributed by atoms with Crippen molar-refractivity contribution in [1.29, 1.82) is 0 Å². The van der Waals surface area contributed by atoms with Gasteiger partial charge in [-0.3, -0.25) is 0 Å². The number of nitrogens with zero attached hydrogens (tertiary/aromatic N) is 1. The van der Waals surface area contributed by atoms with Crippen molar-refractivity contribution >= 4 is 44.8 Å². The van der Waals surface area contributed by atoms with E-state index in [1.54, 1.807) is 0 Å². The molecule has 1 atom stereocenters. The predicted molar refractivity (Wildman–Crippen MR) is 91.6 cm³/mol. The van der Waals surface area contributed by atoms with Gasteiger partial charge < -0.3 is 15.4 Å². The molecular formula is C15H19BrN2O2S. The maximum Gasteiger partial charge on any atom is 0.328 e. The summed E-state index contributed by atoms with van der Waals surface area (Å²) < 4.78 is 6.12. The van der Waals surface area contributed by atoms with Crippen LogP contribution in [0.1, 0.15) is 31.7 Å². The molecule has 1 aromatic carbocycles. The summed E-state index contributed by atoms with van der Waals surface area (Å²) in [7, 11) is 0. The number of hydrogen-bond acceptors (Lipinski definition) is 4. The number of carbonyl (C=O) groups is 1. The average Bonchev–Trinajstić information content (AvgIpc) is 2.47. The van der Waals surface area contributed by atoms with Crippen LogP contribution in [-0.2, 0) is 9.53 Å². The summed E-state index contributed by atoms with van der Waals surface area (Å²) in [6.45, 7) is 3.03. The monoisotopic (exact) mass is 370 g/mol. The van der Waals surface area contributed by atoms with Gasteiger partial charge in [-0.05, 0) is 44.4 Å². The highest BCUT2D eigenvalue weighted by Crippen LogP contribution is 2.30. The molecule has 6 heteroatoms. The maximum atomic E-state index is 12.2. The summed E-state index contributed by atoms with van der Waals surface area (Å²) in [5, 5.41) is 0. The van der Waals surface area contributed by atoms with Crippen molar-refractivity contribution in [2.45, 2.75) is 32.2 Å². The second-order valence-electron chi connectivity index (χ2n) is 4.98. The Hall–Kier alpha value is -1.14. The number of thiocarbonyl (C=S) groups is 1. The van der Waals surface area contributed by atoms with E-state index in [1.807, 2.05) is 25.1 Å². The van der Waals surface area contributed by atoms with Crippen molar-refractivity contribution in [3.8, 4) is 0 Å². The molecule has 0 spiro atoms. The van der Waals surface area contributed by atoms with Crippen LogP contribution in [0, 0.1) is 0 Å². The zero-order chi connectivity index (χ0) is 15.4. The van der Waals surface area contributed by atoms with Crippen molar-refractivity contribution in [2.24, 2.45) is 5.73 Å². The van der Waals surface area contributed by atoms with Crippen molar-refractivity contribution in [3.63, 3.8) is 0 Å². The molecule has 0 bridgehead atoms. The van der Waals surface area contributed by atoms with Gasteiger partial charge in [0.05, 0.1) is 6.61 Å². The molecule has 0 aromatic heterocycles. The lowest BCUT2D eigenvalue weighted by molar-refractivity contribution is -0.145. The van der Waals surface area contributed by atoms with Gasteiger partial charge in [0, 0.05) is 22.3 Å². The van der Waals surface area contributed by atoms with Crippen molar-refractivity contribution < 1.29 is 9.53 Å². The molecule has 1 aromatic rings. The van der Waals surface area contributed by atoms with E-state index in [1.165, 1.54) is 0 Å². The Labute approximate surface area is 138 Å². The van der Waals surface area contributed by atoms with Crippen molar-refractivity contribution in [2.75, 3.05) is 18.1 Å².